The molecule has 0 unspecified atom stereocenters. The molecule has 3 aromatic rings. The molecule has 2 N–H and O–H groups in total. The van der Waals surface area contributed by atoms with E-state index in [0.717, 1.165) is 17.9 Å². The first-order valence-electron chi connectivity index (χ1n) is 7.64. The first-order valence-corrected chi connectivity index (χ1v) is 7.64. The van der Waals surface area contributed by atoms with Crippen molar-refractivity contribution in [2.45, 2.75) is 13.0 Å². The number of aromatic nitrogens is 5. The van der Waals surface area contributed by atoms with Crippen molar-refractivity contribution in [3.63, 3.8) is 0 Å². The molecule has 0 aliphatic carbocycles. The second-order valence-corrected chi connectivity index (χ2v) is 5.30. The zero-order valence-electron chi connectivity index (χ0n) is 12.9. The lowest BCUT2D eigenvalue weighted by molar-refractivity contribution is 0.299. The van der Waals surface area contributed by atoms with E-state index >= 15 is 0 Å². The van der Waals surface area contributed by atoms with E-state index in [1.54, 1.807) is 12.5 Å². The number of ether oxygens (including phenoxy) is 2. The highest BCUT2D eigenvalue weighted by Crippen LogP contribution is 2.22. The van der Waals surface area contributed by atoms with E-state index < -0.39 is 0 Å². The van der Waals surface area contributed by atoms with Gasteiger partial charge in [0.2, 0.25) is 0 Å². The van der Waals surface area contributed by atoms with Gasteiger partial charge in [-0.3, -0.25) is 4.98 Å². The summed E-state index contributed by atoms with van der Waals surface area (Å²) in [6.07, 6.45) is 8.08. The van der Waals surface area contributed by atoms with Gasteiger partial charge in [-0.25, -0.2) is 4.98 Å². The Labute approximate surface area is 138 Å². The molecule has 0 aromatic carbocycles. The van der Waals surface area contributed by atoms with Crippen LogP contribution < -0.4 is 15.2 Å². The maximum atomic E-state index is 5.97. The summed E-state index contributed by atoms with van der Waals surface area (Å²) in [6.45, 7) is 1.41. The van der Waals surface area contributed by atoms with Gasteiger partial charge in [0.15, 0.2) is 17.0 Å². The molecule has 4 rings (SSSR count). The second kappa shape index (κ2) is 6.15. The van der Waals surface area contributed by atoms with Crippen molar-refractivity contribution in [2.24, 2.45) is 0 Å². The Kier molecular flexibility index (Phi) is 3.70. The van der Waals surface area contributed by atoms with Crippen molar-refractivity contribution in [1.29, 1.82) is 0 Å². The highest BCUT2D eigenvalue weighted by molar-refractivity contribution is 5.81. The SMILES string of the molecule is Nc1nc2nc3c1ncn3Cc1ncccc1OCC=CCCO2. The number of pyridine rings is 1. The minimum atomic E-state index is 0.254. The summed E-state index contributed by atoms with van der Waals surface area (Å²) in [6, 6.07) is 4.01. The molecule has 0 spiro atoms. The van der Waals surface area contributed by atoms with Crippen LogP contribution in [0.25, 0.3) is 11.2 Å². The number of nitrogens with two attached hydrogens (primary N) is 1. The van der Waals surface area contributed by atoms with Crippen LogP contribution in [0.3, 0.4) is 0 Å². The number of anilines is 1. The van der Waals surface area contributed by atoms with E-state index in [-0.39, 0.29) is 6.01 Å². The third-order valence-electron chi connectivity index (χ3n) is 3.66. The highest BCUT2D eigenvalue weighted by atomic mass is 16.5. The molecule has 8 nitrogen and oxygen atoms in total. The molecule has 4 heterocycles. The van der Waals surface area contributed by atoms with Gasteiger partial charge in [0.1, 0.15) is 18.1 Å². The summed E-state index contributed by atoms with van der Waals surface area (Å²) in [4.78, 5) is 17.3. The Hall–Kier alpha value is -3.16. The quantitative estimate of drug-likeness (QED) is 0.626. The lowest BCUT2D eigenvalue weighted by atomic mass is 10.3. The van der Waals surface area contributed by atoms with Crippen LogP contribution in [0, 0.1) is 0 Å². The average molecular weight is 324 g/mol. The number of hydrogen-bond acceptors (Lipinski definition) is 7. The van der Waals surface area contributed by atoms with Crippen LogP contribution >= 0.6 is 0 Å². The monoisotopic (exact) mass is 324 g/mol. The van der Waals surface area contributed by atoms with E-state index in [1.165, 1.54) is 0 Å². The predicted octanol–water partition coefficient (Wildman–Crippen LogP) is 1.57. The molecule has 1 aliphatic heterocycles. The van der Waals surface area contributed by atoms with E-state index in [4.69, 9.17) is 15.2 Å². The molecular formula is C16H16N6O2. The van der Waals surface area contributed by atoms with Crippen molar-refractivity contribution in [3.05, 3.63) is 42.5 Å². The molecule has 122 valence electrons. The Balaban J connectivity index is 1.82. The molecule has 0 saturated carbocycles. The molecule has 0 amide bonds. The Morgan fingerprint density at radius 2 is 2.08 bits per heavy atom. The molecule has 0 radical (unpaired) electrons. The number of hydrogen-bond donors (Lipinski definition) is 1. The zero-order chi connectivity index (χ0) is 16.4. The fourth-order valence-electron chi connectivity index (χ4n) is 2.50. The molecule has 3 aromatic heterocycles. The third-order valence-corrected chi connectivity index (χ3v) is 3.66. The second-order valence-electron chi connectivity index (χ2n) is 5.30. The number of nitrogen functional groups attached to an aromatic ring is 1. The highest BCUT2D eigenvalue weighted by Gasteiger charge is 2.14. The molecule has 8 heteroatoms. The van der Waals surface area contributed by atoms with Crippen LogP contribution in [0.1, 0.15) is 12.1 Å². The summed E-state index contributed by atoms with van der Waals surface area (Å²) in [5, 5.41) is 0. The standard InChI is InChI=1S/C16H16N6O2/c17-14-13-15-21-16(20-14)24-8-3-1-2-7-23-12-5-4-6-18-11(12)9-22(15)10-19-13/h1-2,4-6,10H,3,7-9H2,(H2,17,20,21). The van der Waals surface area contributed by atoms with Gasteiger partial charge in [0.05, 0.1) is 19.5 Å². The van der Waals surface area contributed by atoms with Gasteiger partial charge in [-0.15, -0.1) is 0 Å². The van der Waals surface area contributed by atoms with E-state index in [0.29, 0.717) is 36.7 Å². The van der Waals surface area contributed by atoms with Gasteiger partial charge in [0, 0.05) is 6.20 Å². The fourth-order valence-corrected chi connectivity index (χ4v) is 2.50. The van der Waals surface area contributed by atoms with E-state index in [2.05, 4.69) is 19.9 Å². The summed E-state index contributed by atoms with van der Waals surface area (Å²) >= 11 is 0. The molecule has 24 heavy (non-hydrogen) atoms. The first kappa shape index (κ1) is 14.4. The number of rotatable bonds is 0. The number of imidazole rings is 1. The van der Waals surface area contributed by atoms with Crippen molar-refractivity contribution in [2.75, 3.05) is 18.9 Å². The Bertz CT molecular complexity index is 905. The number of nitrogens with zero attached hydrogens (tertiary/aromatic N) is 5. The Morgan fingerprint density at radius 3 is 3.04 bits per heavy atom. The van der Waals surface area contributed by atoms with Crippen LogP contribution in [0.15, 0.2) is 36.8 Å². The van der Waals surface area contributed by atoms with Gasteiger partial charge < -0.3 is 19.8 Å². The van der Waals surface area contributed by atoms with Crippen LogP contribution in [0.2, 0.25) is 0 Å². The molecule has 0 fully saturated rings. The average Bonchev–Trinajstić information content (AvgIpc) is 2.98. The van der Waals surface area contributed by atoms with Crippen molar-refractivity contribution in [1.82, 2.24) is 24.5 Å². The van der Waals surface area contributed by atoms with Crippen molar-refractivity contribution >= 4 is 17.0 Å². The van der Waals surface area contributed by atoms with Crippen LogP contribution in [-0.4, -0.2) is 37.7 Å². The molecule has 0 saturated heterocycles. The maximum absolute atomic E-state index is 5.97. The fraction of sp³-hybridized carbons (Fsp3) is 0.250. The smallest absolute Gasteiger partial charge is 0.320 e. The number of fused-ring (bicyclic) bond motifs is 2. The lowest BCUT2D eigenvalue weighted by Crippen LogP contribution is -2.08. The van der Waals surface area contributed by atoms with Crippen molar-refractivity contribution < 1.29 is 9.47 Å². The summed E-state index contributed by atoms with van der Waals surface area (Å²) in [5.41, 5.74) is 7.93. The van der Waals surface area contributed by atoms with Crippen LogP contribution in [0.5, 0.6) is 11.8 Å². The van der Waals surface area contributed by atoms with E-state index in [9.17, 15) is 0 Å². The molecule has 1 aliphatic rings. The maximum Gasteiger partial charge on any atom is 0.320 e. The van der Waals surface area contributed by atoms with Gasteiger partial charge in [-0.05, 0) is 18.6 Å². The van der Waals surface area contributed by atoms with E-state index in [1.807, 2.05) is 28.9 Å². The first-order chi connectivity index (χ1) is 11.8. The van der Waals surface area contributed by atoms with Gasteiger partial charge >= 0.3 is 6.01 Å². The Morgan fingerprint density at radius 1 is 1.12 bits per heavy atom. The zero-order valence-corrected chi connectivity index (χ0v) is 12.9. The summed E-state index contributed by atoms with van der Waals surface area (Å²) in [7, 11) is 0. The normalized spacial score (nSPS) is 14.7. The topological polar surface area (TPSA) is 101 Å². The van der Waals surface area contributed by atoms with Crippen LogP contribution in [0.4, 0.5) is 5.82 Å². The molecule has 2 bridgehead atoms. The van der Waals surface area contributed by atoms with Gasteiger partial charge in [-0.1, -0.05) is 12.2 Å². The summed E-state index contributed by atoms with van der Waals surface area (Å²) < 4.78 is 13.2. The van der Waals surface area contributed by atoms with Gasteiger partial charge in [0.25, 0.3) is 0 Å². The minimum absolute atomic E-state index is 0.254. The molecule has 0 atom stereocenters. The van der Waals surface area contributed by atoms with Crippen LogP contribution in [-0.2, 0) is 6.54 Å². The molecular weight excluding hydrogens is 308 g/mol. The third kappa shape index (κ3) is 2.73. The van der Waals surface area contributed by atoms with Gasteiger partial charge in [-0.2, -0.15) is 9.97 Å². The van der Waals surface area contributed by atoms with Crippen molar-refractivity contribution in [3.8, 4) is 11.8 Å². The predicted molar refractivity (Wildman–Crippen MR) is 87.8 cm³/mol. The minimum Gasteiger partial charge on any atom is -0.488 e. The lowest BCUT2D eigenvalue weighted by Gasteiger charge is -2.11. The summed E-state index contributed by atoms with van der Waals surface area (Å²) in [5.74, 6) is 1.04. The largest absolute Gasteiger partial charge is 0.488 e.